The molecule has 0 bridgehead atoms. The third kappa shape index (κ3) is 18.1. The first-order chi connectivity index (χ1) is 14.0. The summed E-state index contributed by atoms with van der Waals surface area (Å²) in [6.07, 6.45) is 14.1. The lowest BCUT2D eigenvalue weighted by Crippen LogP contribution is -2.44. The molecule has 0 radical (unpaired) electrons. The number of thiol groups is 2. The highest BCUT2D eigenvalue weighted by Crippen LogP contribution is 2.18. The SMILES string of the molecule is CCCCCCCCCCC(CCCCC(=O)O)N(CCS)CC(=O)NCCS. The van der Waals surface area contributed by atoms with Crippen molar-refractivity contribution in [1.82, 2.24) is 10.2 Å². The zero-order chi connectivity index (χ0) is 21.7. The number of aliphatic carboxylic acids is 1. The van der Waals surface area contributed by atoms with E-state index >= 15 is 0 Å². The summed E-state index contributed by atoms with van der Waals surface area (Å²) in [7, 11) is 0. The van der Waals surface area contributed by atoms with E-state index in [4.69, 9.17) is 5.11 Å². The highest BCUT2D eigenvalue weighted by molar-refractivity contribution is 7.80. The van der Waals surface area contributed by atoms with E-state index < -0.39 is 5.97 Å². The van der Waals surface area contributed by atoms with Gasteiger partial charge in [0, 0.05) is 37.1 Å². The third-order valence-corrected chi connectivity index (χ3v) is 5.68. The Morgan fingerprint density at radius 1 is 0.897 bits per heavy atom. The third-order valence-electron chi connectivity index (χ3n) is 5.25. The van der Waals surface area contributed by atoms with Crippen LogP contribution in [0.2, 0.25) is 0 Å². The summed E-state index contributed by atoms with van der Waals surface area (Å²) in [6.45, 7) is 3.98. The van der Waals surface area contributed by atoms with E-state index in [1.807, 2.05) is 0 Å². The minimum atomic E-state index is -0.733. The summed E-state index contributed by atoms with van der Waals surface area (Å²) in [5.74, 6) is 0.646. The van der Waals surface area contributed by atoms with E-state index in [9.17, 15) is 9.59 Å². The number of unbranched alkanes of at least 4 members (excludes halogenated alkanes) is 8. The molecule has 0 fully saturated rings. The van der Waals surface area contributed by atoms with Gasteiger partial charge in [0.25, 0.3) is 0 Å². The average Bonchev–Trinajstić information content (AvgIpc) is 2.69. The lowest BCUT2D eigenvalue weighted by atomic mass is 9.99. The molecular formula is C22H44N2O3S2. The number of nitrogens with zero attached hydrogens (tertiary/aromatic N) is 1. The van der Waals surface area contributed by atoms with Crippen LogP contribution in [0.3, 0.4) is 0 Å². The van der Waals surface area contributed by atoms with Gasteiger partial charge in [-0.1, -0.05) is 64.7 Å². The van der Waals surface area contributed by atoms with E-state index in [2.05, 4.69) is 42.4 Å². The first-order valence-corrected chi connectivity index (χ1v) is 12.8. The molecule has 7 heteroatoms. The molecule has 5 nitrogen and oxygen atoms in total. The molecule has 0 aromatic carbocycles. The number of hydrogen-bond donors (Lipinski definition) is 4. The molecule has 0 aromatic rings. The maximum absolute atomic E-state index is 12.2. The van der Waals surface area contributed by atoms with Gasteiger partial charge in [0.2, 0.25) is 5.91 Å². The van der Waals surface area contributed by atoms with E-state index in [-0.39, 0.29) is 12.3 Å². The molecule has 2 N–H and O–H groups in total. The molecule has 172 valence electrons. The fourth-order valence-electron chi connectivity index (χ4n) is 3.63. The van der Waals surface area contributed by atoms with E-state index in [1.165, 1.54) is 51.4 Å². The van der Waals surface area contributed by atoms with Gasteiger partial charge < -0.3 is 10.4 Å². The van der Waals surface area contributed by atoms with Crippen molar-refractivity contribution in [3.05, 3.63) is 0 Å². The topological polar surface area (TPSA) is 69.6 Å². The summed E-state index contributed by atoms with van der Waals surface area (Å²) in [4.78, 5) is 25.2. The van der Waals surface area contributed by atoms with Crippen molar-refractivity contribution in [2.45, 2.75) is 96.4 Å². The zero-order valence-electron chi connectivity index (χ0n) is 18.4. The Balaban J connectivity index is 4.51. The van der Waals surface area contributed by atoms with E-state index in [0.717, 1.165) is 25.8 Å². The number of rotatable bonds is 21. The smallest absolute Gasteiger partial charge is 0.303 e. The lowest BCUT2D eigenvalue weighted by molar-refractivity contribution is -0.137. The first kappa shape index (κ1) is 28.6. The number of amides is 1. The van der Waals surface area contributed by atoms with Gasteiger partial charge in [-0.25, -0.2) is 0 Å². The van der Waals surface area contributed by atoms with Crippen LogP contribution in [-0.4, -0.2) is 59.1 Å². The molecule has 0 aromatic heterocycles. The van der Waals surface area contributed by atoms with Crippen LogP contribution in [0.15, 0.2) is 0 Å². The van der Waals surface area contributed by atoms with Crippen LogP contribution in [-0.2, 0) is 9.59 Å². The summed E-state index contributed by atoms with van der Waals surface area (Å²) >= 11 is 8.53. The van der Waals surface area contributed by atoms with Gasteiger partial charge in [-0.15, -0.1) is 0 Å². The Bertz CT molecular complexity index is 412. The van der Waals surface area contributed by atoms with Gasteiger partial charge in [0.05, 0.1) is 6.54 Å². The number of carbonyl (C=O) groups is 2. The number of nitrogens with one attached hydrogen (secondary N) is 1. The summed E-state index contributed by atoms with van der Waals surface area (Å²) < 4.78 is 0. The minimum absolute atomic E-state index is 0.0345. The quantitative estimate of drug-likeness (QED) is 0.150. The maximum atomic E-state index is 12.2. The number of carboxylic acids is 1. The number of carbonyl (C=O) groups excluding carboxylic acids is 1. The van der Waals surface area contributed by atoms with Crippen LogP contribution in [0.1, 0.15) is 90.4 Å². The van der Waals surface area contributed by atoms with E-state index in [0.29, 0.717) is 37.1 Å². The molecule has 0 saturated heterocycles. The molecule has 0 saturated carbocycles. The molecule has 0 aliphatic rings. The Morgan fingerprint density at radius 2 is 1.48 bits per heavy atom. The van der Waals surface area contributed by atoms with Crippen molar-refractivity contribution in [3.63, 3.8) is 0 Å². The molecule has 0 heterocycles. The van der Waals surface area contributed by atoms with Crippen LogP contribution in [0.25, 0.3) is 0 Å². The molecule has 1 amide bonds. The standard InChI is InChI=1S/C22H44N2O3S2/c1-2-3-4-5-6-7-8-9-12-20(13-10-11-14-22(26)27)24(16-18-29)19-21(25)23-15-17-28/h20,28-29H,2-19H2,1H3,(H,23,25)(H,26,27). The highest BCUT2D eigenvalue weighted by atomic mass is 32.1. The Hall–Kier alpha value is -0.400. The Labute approximate surface area is 189 Å². The van der Waals surface area contributed by atoms with Crippen LogP contribution in [0.4, 0.5) is 0 Å². The lowest BCUT2D eigenvalue weighted by Gasteiger charge is -2.31. The molecular weight excluding hydrogens is 404 g/mol. The van der Waals surface area contributed by atoms with Gasteiger partial charge in [-0.05, 0) is 19.3 Å². The molecule has 1 atom stereocenters. The van der Waals surface area contributed by atoms with Gasteiger partial charge in [-0.3, -0.25) is 14.5 Å². The van der Waals surface area contributed by atoms with Crippen LogP contribution < -0.4 is 5.32 Å². The predicted molar refractivity (Wildman–Crippen MR) is 129 cm³/mol. The van der Waals surface area contributed by atoms with Crippen molar-refractivity contribution < 1.29 is 14.7 Å². The molecule has 29 heavy (non-hydrogen) atoms. The molecule has 0 spiro atoms. The zero-order valence-corrected chi connectivity index (χ0v) is 20.2. The van der Waals surface area contributed by atoms with E-state index in [1.54, 1.807) is 0 Å². The summed E-state index contributed by atoms with van der Waals surface area (Å²) in [5, 5.41) is 11.8. The Morgan fingerprint density at radius 3 is 2.03 bits per heavy atom. The second-order valence-corrected chi connectivity index (χ2v) is 8.72. The molecule has 1 unspecified atom stereocenters. The fraction of sp³-hybridized carbons (Fsp3) is 0.909. The minimum Gasteiger partial charge on any atom is -0.481 e. The van der Waals surface area contributed by atoms with Crippen molar-refractivity contribution >= 4 is 37.1 Å². The first-order valence-electron chi connectivity index (χ1n) is 11.5. The molecule has 0 rings (SSSR count). The fourth-order valence-corrected chi connectivity index (χ4v) is 4.00. The summed E-state index contributed by atoms with van der Waals surface area (Å²) in [5.41, 5.74) is 0. The molecule has 0 aliphatic carbocycles. The second kappa shape index (κ2) is 20.9. The normalized spacial score (nSPS) is 12.3. The molecule has 0 aliphatic heterocycles. The Kier molecular flexibility index (Phi) is 20.6. The predicted octanol–water partition coefficient (Wildman–Crippen LogP) is 4.81. The van der Waals surface area contributed by atoms with Crippen LogP contribution in [0.5, 0.6) is 0 Å². The van der Waals surface area contributed by atoms with Crippen molar-refractivity contribution in [2.75, 3.05) is 31.1 Å². The van der Waals surface area contributed by atoms with Crippen LogP contribution >= 0.6 is 25.3 Å². The average molecular weight is 449 g/mol. The van der Waals surface area contributed by atoms with Crippen molar-refractivity contribution in [3.8, 4) is 0 Å². The van der Waals surface area contributed by atoms with Crippen molar-refractivity contribution in [2.24, 2.45) is 0 Å². The second-order valence-electron chi connectivity index (χ2n) is 7.82. The largest absolute Gasteiger partial charge is 0.481 e. The van der Waals surface area contributed by atoms with Gasteiger partial charge in [-0.2, -0.15) is 25.3 Å². The van der Waals surface area contributed by atoms with Gasteiger partial charge in [0.15, 0.2) is 0 Å². The van der Waals surface area contributed by atoms with Gasteiger partial charge in [0.1, 0.15) is 0 Å². The highest BCUT2D eigenvalue weighted by Gasteiger charge is 2.20. The maximum Gasteiger partial charge on any atom is 0.303 e. The number of hydrogen-bond acceptors (Lipinski definition) is 5. The monoisotopic (exact) mass is 448 g/mol. The summed E-state index contributed by atoms with van der Waals surface area (Å²) in [6, 6.07) is 0.317. The van der Waals surface area contributed by atoms with Crippen molar-refractivity contribution in [1.29, 1.82) is 0 Å². The van der Waals surface area contributed by atoms with Crippen LogP contribution in [0, 0.1) is 0 Å². The number of carboxylic acid groups (broad SMARTS) is 1. The van der Waals surface area contributed by atoms with Gasteiger partial charge >= 0.3 is 5.97 Å².